The molecule has 1 saturated heterocycles. The van der Waals surface area contributed by atoms with E-state index in [9.17, 15) is 4.79 Å². The SMILES string of the molecule is COC(=O)[C@H](C)O[C@@H]1OCC[C@H]1CCC#N. The highest BCUT2D eigenvalue weighted by atomic mass is 16.7. The fraction of sp³-hybridized carbons (Fsp3) is 0.818. The third-order valence-corrected chi connectivity index (χ3v) is 2.65. The van der Waals surface area contributed by atoms with Crippen molar-refractivity contribution in [2.24, 2.45) is 5.92 Å². The third-order valence-electron chi connectivity index (χ3n) is 2.65. The van der Waals surface area contributed by atoms with Gasteiger partial charge < -0.3 is 14.2 Å². The first-order chi connectivity index (χ1) is 7.69. The van der Waals surface area contributed by atoms with Gasteiger partial charge in [-0.3, -0.25) is 0 Å². The van der Waals surface area contributed by atoms with Crippen molar-refractivity contribution < 1.29 is 19.0 Å². The van der Waals surface area contributed by atoms with E-state index in [4.69, 9.17) is 14.7 Å². The number of hydrogen-bond donors (Lipinski definition) is 0. The first kappa shape index (κ1) is 12.9. The summed E-state index contributed by atoms with van der Waals surface area (Å²) in [4.78, 5) is 11.2. The third kappa shape index (κ3) is 3.47. The molecule has 0 aliphatic carbocycles. The van der Waals surface area contributed by atoms with E-state index in [1.807, 2.05) is 0 Å². The molecule has 1 fully saturated rings. The van der Waals surface area contributed by atoms with Crippen molar-refractivity contribution in [3.05, 3.63) is 0 Å². The van der Waals surface area contributed by atoms with Gasteiger partial charge in [0.15, 0.2) is 12.4 Å². The molecule has 90 valence electrons. The number of rotatable bonds is 5. The predicted molar refractivity (Wildman–Crippen MR) is 55.3 cm³/mol. The number of nitrogens with zero attached hydrogens (tertiary/aromatic N) is 1. The largest absolute Gasteiger partial charge is 0.467 e. The Balaban J connectivity index is 2.40. The number of nitriles is 1. The molecule has 0 spiro atoms. The molecule has 5 heteroatoms. The topological polar surface area (TPSA) is 68.6 Å². The van der Waals surface area contributed by atoms with Crippen LogP contribution in [0.1, 0.15) is 26.2 Å². The van der Waals surface area contributed by atoms with E-state index < -0.39 is 12.1 Å². The van der Waals surface area contributed by atoms with Crippen molar-refractivity contribution in [1.82, 2.24) is 0 Å². The van der Waals surface area contributed by atoms with Crippen molar-refractivity contribution in [2.75, 3.05) is 13.7 Å². The highest BCUT2D eigenvalue weighted by Gasteiger charge is 2.31. The molecule has 0 amide bonds. The molecular formula is C11H17NO4. The molecule has 3 atom stereocenters. The maximum atomic E-state index is 11.2. The van der Waals surface area contributed by atoms with Crippen molar-refractivity contribution in [2.45, 2.75) is 38.6 Å². The lowest BCUT2D eigenvalue weighted by molar-refractivity contribution is -0.185. The Morgan fingerprint density at radius 1 is 1.69 bits per heavy atom. The Kier molecular flexibility index (Phi) is 5.23. The summed E-state index contributed by atoms with van der Waals surface area (Å²) in [5.41, 5.74) is 0. The van der Waals surface area contributed by atoms with Gasteiger partial charge in [0.05, 0.1) is 19.8 Å². The summed E-state index contributed by atoms with van der Waals surface area (Å²) >= 11 is 0. The highest BCUT2D eigenvalue weighted by Crippen LogP contribution is 2.27. The summed E-state index contributed by atoms with van der Waals surface area (Å²) < 4.78 is 15.4. The standard InChI is InChI=1S/C11H17NO4/c1-8(10(13)14-2)16-11-9(4-3-6-12)5-7-15-11/h8-9,11H,3-5,7H2,1-2H3/t8-,9+,11-/m0/s1. The maximum Gasteiger partial charge on any atom is 0.334 e. The van der Waals surface area contributed by atoms with Gasteiger partial charge in [0.1, 0.15) is 0 Å². The molecule has 16 heavy (non-hydrogen) atoms. The van der Waals surface area contributed by atoms with Crippen LogP contribution < -0.4 is 0 Å². The van der Waals surface area contributed by atoms with Gasteiger partial charge in [-0.25, -0.2) is 4.79 Å². The van der Waals surface area contributed by atoms with Crippen molar-refractivity contribution in [1.29, 1.82) is 5.26 Å². The summed E-state index contributed by atoms with van der Waals surface area (Å²) in [7, 11) is 1.32. The van der Waals surface area contributed by atoms with Crippen LogP contribution in [0.4, 0.5) is 0 Å². The van der Waals surface area contributed by atoms with Crippen molar-refractivity contribution >= 4 is 5.97 Å². The predicted octanol–water partition coefficient (Wildman–Crippen LogP) is 1.23. The number of methoxy groups -OCH3 is 1. The van der Waals surface area contributed by atoms with Gasteiger partial charge in [-0.05, 0) is 19.8 Å². The molecule has 0 saturated carbocycles. The Labute approximate surface area is 95.3 Å². The molecule has 0 aromatic heterocycles. The van der Waals surface area contributed by atoms with Gasteiger partial charge in [-0.1, -0.05) is 0 Å². The molecule has 0 N–H and O–H groups in total. The number of hydrogen-bond acceptors (Lipinski definition) is 5. The number of carbonyl (C=O) groups is 1. The maximum absolute atomic E-state index is 11.2. The van der Waals surface area contributed by atoms with Crippen LogP contribution in [0.3, 0.4) is 0 Å². The summed E-state index contributed by atoms with van der Waals surface area (Å²) in [5, 5.41) is 8.52. The number of carbonyl (C=O) groups excluding carboxylic acids is 1. The molecule has 0 aromatic rings. The second-order valence-electron chi connectivity index (χ2n) is 3.79. The molecule has 0 aromatic carbocycles. The van der Waals surface area contributed by atoms with E-state index in [2.05, 4.69) is 10.8 Å². The molecule has 0 bridgehead atoms. The zero-order valence-corrected chi connectivity index (χ0v) is 9.64. The molecule has 1 aliphatic heterocycles. The molecule has 5 nitrogen and oxygen atoms in total. The van der Waals surface area contributed by atoms with Crippen LogP contribution in [0, 0.1) is 17.2 Å². The van der Waals surface area contributed by atoms with Crippen LogP contribution in [-0.4, -0.2) is 32.1 Å². The first-order valence-electron chi connectivity index (χ1n) is 5.41. The van der Waals surface area contributed by atoms with Crippen LogP contribution in [0.15, 0.2) is 0 Å². The second kappa shape index (κ2) is 6.46. The quantitative estimate of drug-likeness (QED) is 0.661. The van der Waals surface area contributed by atoms with Gasteiger partial charge in [-0.2, -0.15) is 5.26 Å². The molecule has 1 rings (SSSR count). The zero-order chi connectivity index (χ0) is 12.0. The first-order valence-corrected chi connectivity index (χ1v) is 5.41. The summed E-state index contributed by atoms with van der Waals surface area (Å²) in [6.45, 7) is 2.25. The van der Waals surface area contributed by atoms with Gasteiger partial charge in [0, 0.05) is 12.3 Å². The Bertz CT molecular complexity index is 274. The van der Waals surface area contributed by atoms with Gasteiger partial charge >= 0.3 is 5.97 Å². The van der Waals surface area contributed by atoms with Crippen LogP contribution in [-0.2, 0) is 19.0 Å². The average molecular weight is 227 g/mol. The van der Waals surface area contributed by atoms with Gasteiger partial charge in [0.25, 0.3) is 0 Å². The van der Waals surface area contributed by atoms with Gasteiger partial charge in [-0.15, -0.1) is 0 Å². The smallest absolute Gasteiger partial charge is 0.334 e. The van der Waals surface area contributed by atoms with Crippen LogP contribution in [0.2, 0.25) is 0 Å². The normalized spacial score (nSPS) is 26.1. The lowest BCUT2D eigenvalue weighted by Gasteiger charge is -2.21. The van der Waals surface area contributed by atoms with E-state index in [1.165, 1.54) is 7.11 Å². The molecule has 1 heterocycles. The lowest BCUT2D eigenvalue weighted by Crippen LogP contribution is -2.30. The minimum Gasteiger partial charge on any atom is -0.467 e. The van der Waals surface area contributed by atoms with E-state index >= 15 is 0 Å². The fourth-order valence-electron chi connectivity index (χ4n) is 1.71. The molecule has 1 aliphatic rings. The number of ether oxygens (including phenoxy) is 3. The van der Waals surface area contributed by atoms with E-state index in [-0.39, 0.29) is 12.2 Å². The van der Waals surface area contributed by atoms with Crippen LogP contribution in [0.5, 0.6) is 0 Å². The summed E-state index contributed by atoms with van der Waals surface area (Å²) in [5.74, 6) is -0.207. The summed E-state index contributed by atoms with van der Waals surface area (Å²) in [6.07, 6.45) is 1.09. The lowest BCUT2D eigenvalue weighted by atomic mass is 10.0. The highest BCUT2D eigenvalue weighted by molar-refractivity contribution is 5.73. The van der Waals surface area contributed by atoms with E-state index in [1.54, 1.807) is 6.92 Å². The van der Waals surface area contributed by atoms with E-state index in [0.29, 0.717) is 13.0 Å². The average Bonchev–Trinajstić information content (AvgIpc) is 2.72. The van der Waals surface area contributed by atoms with Crippen LogP contribution >= 0.6 is 0 Å². The van der Waals surface area contributed by atoms with E-state index in [0.717, 1.165) is 12.8 Å². The van der Waals surface area contributed by atoms with Crippen molar-refractivity contribution in [3.8, 4) is 6.07 Å². The van der Waals surface area contributed by atoms with Crippen LogP contribution in [0.25, 0.3) is 0 Å². The van der Waals surface area contributed by atoms with Crippen molar-refractivity contribution in [3.63, 3.8) is 0 Å². The minimum atomic E-state index is -0.627. The molecule has 0 unspecified atom stereocenters. The number of esters is 1. The fourth-order valence-corrected chi connectivity index (χ4v) is 1.71. The molecular weight excluding hydrogens is 210 g/mol. The minimum absolute atomic E-state index is 0.201. The summed E-state index contributed by atoms with van der Waals surface area (Å²) in [6, 6.07) is 2.10. The van der Waals surface area contributed by atoms with Gasteiger partial charge in [0.2, 0.25) is 0 Å². The Morgan fingerprint density at radius 2 is 2.44 bits per heavy atom. The zero-order valence-electron chi connectivity index (χ0n) is 9.64. The molecule has 0 radical (unpaired) electrons. The second-order valence-corrected chi connectivity index (χ2v) is 3.79. The monoisotopic (exact) mass is 227 g/mol. The Hall–Kier alpha value is -1.12. The Morgan fingerprint density at radius 3 is 3.06 bits per heavy atom.